The molecule has 2 atom stereocenters. The number of hydrogen-bond acceptors (Lipinski definition) is 3. The van der Waals surface area contributed by atoms with E-state index in [1.165, 1.54) is 18.6 Å². The van der Waals surface area contributed by atoms with Gasteiger partial charge in [0, 0.05) is 19.1 Å². The molecule has 0 aromatic rings. The Hall–Kier alpha value is 0.0700. The first kappa shape index (κ1) is 14.1. The molecule has 0 bridgehead atoms. The van der Waals surface area contributed by atoms with Gasteiger partial charge in [0.15, 0.2) is 0 Å². The van der Waals surface area contributed by atoms with E-state index in [9.17, 15) is 4.79 Å². The van der Waals surface area contributed by atoms with Gasteiger partial charge in [0.25, 0.3) is 0 Å². The molecular formula is C11H21ClN2OS. The third kappa shape index (κ3) is 3.28. The molecule has 94 valence electrons. The number of carbonyl (C=O) groups is 1. The van der Waals surface area contributed by atoms with Crippen molar-refractivity contribution in [1.82, 2.24) is 10.2 Å². The first-order valence-electron chi connectivity index (χ1n) is 5.89. The number of halogens is 1. The largest absolute Gasteiger partial charge is 0.340 e. The van der Waals surface area contributed by atoms with Crippen molar-refractivity contribution < 1.29 is 4.79 Å². The van der Waals surface area contributed by atoms with Crippen LogP contribution in [0.1, 0.15) is 25.7 Å². The lowest BCUT2D eigenvalue weighted by Crippen LogP contribution is -2.49. The second-order valence-electron chi connectivity index (χ2n) is 4.41. The van der Waals surface area contributed by atoms with E-state index in [1.807, 2.05) is 18.8 Å². The van der Waals surface area contributed by atoms with Gasteiger partial charge in [-0.3, -0.25) is 4.79 Å². The monoisotopic (exact) mass is 264 g/mol. The molecule has 2 heterocycles. The molecular weight excluding hydrogens is 244 g/mol. The van der Waals surface area contributed by atoms with Crippen LogP contribution in [-0.4, -0.2) is 48.0 Å². The number of amides is 1. The molecule has 2 rings (SSSR count). The summed E-state index contributed by atoms with van der Waals surface area (Å²) in [6.07, 6.45) is 4.65. The Kier molecular flexibility index (Phi) is 5.94. The van der Waals surface area contributed by atoms with Crippen LogP contribution < -0.4 is 5.32 Å². The van der Waals surface area contributed by atoms with Crippen LogP contribution in [0, 0.1) is 0 Å². The number of likely N-dealkylation sites (tertiary alicyclic amines) is 1. The Morgan fingerprint density at radius 3 is 2.81 bits per heavy atom. The van der Waals surface area contributed by atoms with Gasteiger partial charge in [-0.1, -0.05) is 0 Å². The van der Waals surface area contributed by atoms with Crippen molar-refractivity contribution in [3.63, 3.8) is 0 Å². The Morgan fingerprint density at radius 1 is 1.38 bits per heavy atom. The summed E-state index contributed by atoms with van der Waals surface area (Å²) in [4.78, 5) is 14.2. The molecule has 0 radical (unpaired) electrons. The summed E-state index contributed by atoms with van der Waals surface area (Å²) < 4.78 is 0. The maximum Gasteiger partial charge on any atom is 0.235 e. The molecule has 0 aromatic carbocycles. The maximum absolute atomic E-state index is 12.1. The number of nitrogens with one attached hydrogen (secondary N) is 1. The van der Waals surface area contributed by atoms with Crippen molar-refractivity contribution in [2.24, 2.45) is 0 Å². The fraction of sp³-hybridized carbons (Fsp3) is 0.909. The van der Waals surface area contributed by atoms with Gasteiger partial charge < -0.3 is 10.2 Å². The highest BCUT2D eigenvalue weighted by Crippen LogP contribution is 2.28. The average molecular weight is 265 g/mol. The van der Waals surface area contributed by atoms with E-state index in [2.05, 4.69) is 10.2 Å². The smallest absolute Gasteiger partial charge is 0.235 e. The Labute approximate surface area is 108 Å². The van der Waals surface area contributed by atoms with E-state index < -0.39 is 0 Å². The highest BCUT2D eigenvalue weighted by molar-refractivity contribution is 8.00. The van der Waals surface area contributed by atoms with Crippen molar-refractivity contribution in [2.75, 3.05) is 25.9 Å². The SMILES string of the molecule is CNC1CCCN(C(=O)C2CCCS2)C1.Cl. The molecule has 0 saturated carbocycles. The lowest BCUT2D eigenvalue weighted by Gasteiger charge is -2.34. The standard InChI is InChI=1S/C11H20N2OS.ClH/c1-12-9-4-2-6-13(8-9)11(14)10-5-3-7-15-10;/h9-10,12H,2-8H2,1H3;1H. The molecule has 2 aliphatic rings. The Morgan fingerprint density at radius 2 is 2.19 bits per heavy atom. The number of hydrogen-bond donors (Lipinski definition) is 1. The van der Waals surface area contributed by atoms with Gasteiger partial charge in [0.2, 0.25) is 5.91 Å². The minimum atomic E-state index is 0. The zero-order chi connectivity index (χ0) is 10.7. The quantitative estimate of drug-likeness (QED) is 0.821. The first-order valence-corrected chi connectivity index (χ1v) is 6.94. The molecule has 2 unspecified atom stereocenters. The zero-order valence-corrected chi connectivity index (χ0v) is 11.4. The normalized spacial score (nSPS) is 29.9. The van der Waals surface area contributed by atoms with Crippen molar-refractivity contribution in [1.29, 1.82) is 0 Å². The van der Waals surface area contributed by atoms with Crippen LogP contribution in [0.4, 0.5) is 0 Å². The highest BCUT2D eigenvalue weighted by atomic mass is 35.5. The van der Waals surface area contributed by atoms with Crippen molar-refractivity contribution in [2.45, 2.75) is 37.0 Å². The number of likely N-dealkylation sites (N-methyl/N-ethyl adjacent to an activating group) is 1. The summed E-state index contributed by atoms with van der Waals surface area (Å²) in [5, 5.41) is 3.54. The third-order valence-corrected chi connectivity index (χ3v) is 4.71. The van der Waals surface area contributed by atoms with Crippen LogP contribution in [0.3, 0.4) is 0 Å². The van der Waals surface area contributed by atoms with E-state index in [0.29, 0.717) is 11.9 Å². The molecule has 0 aromatic heterocycles. The number of carbonyl (C=O) groups excluding carboxylic acids is 1. The van der Waals surface area contributed by atoms with E-state index in [1.54, 1.807) is 0 Å². The van der Waals surface area contributed by atoms with Gasteiger partial charge >= 0.3 is 0 Å². The van der Waals surface area contributed by atoms with E-state index >= 15 is 0 Å². The first-order chi connectivity index (χ1) is 7.31. The summed E-state index contributed by atoms with van der Waals surface area (Å²) in [5.41, 5.74) is 0. The lowest BCUT2D eigenvalue weighted by atomic mass is 10.1. The Bertz CT molecular complexity index is 234. The summed E-state index contributed by atoms with van der Waals surface area (Å²) in [6.45, 7) is 1.88. The molecule has 16 heavy (non-hydrogen) atoms. The fourth-order valence-electron chi connectivity index (χ4n) is 2.39. The predicted molar refractivity (Wildman–Crippen MR) is 71.4 cm³/mol. The molecule has 2 saturated heterocycles. The summed E-state index contributed by atoms with van der Waals surface area (Å²) in [6, 6.07) is 0.508. The number of thioether (sulfide) groups is 1. The second kappa shape index (κ2) is 6.72. The number of nitrogens with zero attached hydrogens (tertiary/aromatic N) is 1. The molecule has 1 N–H and O–H groups in total. The van der Waals surface area contributed by atoms with Crippen molar-refractivity contribution in [3.05, 3.63) is 0 Å². The second-order valence-corrected chi connectivity index (χ2v) is 5.72. The third-order valence-electron chi connectivity index (χ3n) is 3.35. The molecule has 2 aliphatic heterocycles. The molecule has 5 heteroatoms. The van der Waals surface area contributed by atoms with Crippen LogP contribution in [0.2, 0.25) is 0 Å². The molecule has 3 nitrogen and oxygen atoms in total. The van der Waals surface area contributed by atoms with Crippen LogP contribution in [0.15, 0.2) is 0 Å². The molecule has 0 aliphatic carbocycles. The highest BCUT2D eigenvalue weighted by Gasteiger charge is 2.30. The number of piperidine rings is 1. The van der Waals surface area contributed by atoms with E-state index in [4.69, 9.17) is 0 Å². The average Bonchev–Trinajstić information content (AvgIpc) is 2.81. The molecule has 2 fully saturated rings. The summed E-state index contributed by atoms with van der Waals surface area (Å²) in [7, 11) is 1.99. The predicted octanol–water partition coefficient (Wildman–Crippen LogP) is 1.51. The summed E-state index contributed by atoms with van der Waals surface area (Å²) in [5.74, 6) is 1.55. The minimum Gasteiger partial charge on any atom is -0.340 e. The minimum absolute atomic E-state index is 0. The van der Waals surface area contributed by atoms with Crippen molar-refractivity contribution in [3.8, 4) is 0 Å². The lowest BCUT2D eigenvalue weighted by molar-refractivity contribution is -0.131. The molecule has 1 amide bonds. The van der Waals surface area contributed by atoms with Gasteiger partial charge in [0.05, 0.1) is 5.25 Å². The topological polar surface area (TPSA) is 32.3 Å². The van der Waals surface area contributed by atoms with Gasteiger partial charge in [-0.25, -0.2) is 0 Å². The van der Waals surface area contributed by atoms with Crippen LogP contribution in [-0.2, 0) is 4.79 Å². The van der Waals surface area contributed by atoms with Gasteiger partial charge in [-0.2, -0.15) is 0 Å². The van der Waals surface area contributed by atoms with Gasteiger partial charge in [0.1, 0.15) is 0 Å². The van der Waals surface area contributed by atoms with Gasteiger partial charge in [-0.05, 0) is 38.5 Å². The van der Waals surface area contributed by atoms with E-state index in [0.717, 1.165) is 25.9 Å². The van der Waals surface area contributed by atoms with Crippen LogP contribution >= 0.6 is 24.2 Å². The van der Waals surface area contributed by atoms with Crippen LogP contribution in [0.25, 0.3) is 0 Å². The maximum atomic E-state index is 12.1. The van der Waals surface area contributed by atoms with Crippen LogP contribution in [0.5, 0.6) is 0 Å². The van der Waals surface area contributed by atoms with E-state index in [-0.39, 0.29) is 17.7 Å². The fourth-order valence-corrected chi connectivity index (χ4v) is 3.63. The number of rotatable bonds is 2. The Balaban J connectivity index is 0.00000128. The molecule has 0 spiro atoms. The van der Waals surface area contributed by atoms with Gasteiger partial charge in [-0.15, -0.1) is 24.2 Å². The van der Waals surface area contributed by atoms with Crippen molar-refractivity contribution >= 4 is 30.1 Å². The zero-order valence-electron chi connectivity index (χ0n) is 9.78. The summed E-state index contributed by atoms with van der Waals surface area (Å²) >= 11 is 1.84.